The van der Waals surface area contributed by atoms with Gasteiger partial charge in [0.05, 0.1) is 13.4 Å². The molecule has 0 spiro atoms. The molecule has 3 aromatic rings. The van der Waals surface area contributed by atoms with Gasteiger partial charge in [-0.3, -0.25) is 0 Å². The van der Waals surface area contributed by atoms with E-state index in [4.69, 9.17) is 13.7 Å². The number of hydrogen-bond acceptors (Lipinski definition) is 7. The Morgan fingerprint density at radius 3 is 2.81 bits per heavy atom. The van der Waals surface area contributed by atoms with Crippen molar-refractivity contribution in [1.29, 1.82) is 5.26 Å². The lowest BCUT2D eigenvalue weighted by Crippen LogP contribution is -2.03. The van der Waals surface area contributed by atoms with Crippen LogP contribution in [-0.4, -0.2) is 23.9 Å². The topological polar surface area (TPSA) is 94.3 Å². The maximum atomic E-state index is 12.4. The predicted molar refractivity (Wildman–Crippen MR) is 85.1 cm³/mol. The summed E-state index contributed by atoms with van der Waals surface area (Å²) >= 11 is 0. The zero-order chi connectivity index (χ0) is 18.5. The molecule has 0 atom stereocenters. The van der Waals surface area contributed by atoms with E-state index in [0.29, 0.717) is 11.3 Å². The number of rotatable bonds is 6. The van der Waals surface area contributed by atoms with Gasteiger partial charge >= 0.3 is 6.61 Å². The summed E-state index contributed by atoms with van der Waals surface area (Å²) in [6.07, 6.45) is 2.92. The van der Waals surface area contributed by atoms with Crippen molar-refractivity contribution in [1.82, 2.24) is 10.1 Å². The van der Waals surface area contributed by atoms with Gasteiger partial charge in [-0.2, -0.15) is 19.0 Å². The third-order valence-corrected chi connectivity index (χ3v) is 3.24. The van der Waals surface area contributed by atoms with E-state index in [1.165, 1.54) is 37.6 Å². The van der Waals surface area contributed by atoms with Crippen LogP contribution in [0.4, 0.5) is 8.78 Å². The standard InChI is InChI=1S/C17H11F2N3O4/c1-23-14-8-10(4-5-13(14)25-17(18)19)15-21-16(26-22-15)11(9-20)7-12-3-2-6-24-12/h2-8,17H,1H3/b11-7-. The molecule has 0 amide bonds. The van der Waals surface area contributed by atoms with Gasteiger partial charge < -0.3 is 18.4 Å². The van der Waals surface area contributed by atoms with E-state index in [-0.39, 0.29) is 28.8 Å². The van der Waals surface area contributed by atoms with Crippen molar-refractivity contribution in [3.63, 3.8) is 0 Å². The highest BCUT2D eigenvalue weighted by Crippen LogP contribution is 2.33. The lowest BCUT2D eigenvalue weighted by molar-refractivity contribution is -0.0512. The molecule has 3 rings (SSSR count). The SMILES string of the molecule is COc1cc(-c2noc(/C(C#N)=C\c3ccco3)n2)ccc1OC(F)F. The molecule has 1 aromatic carbocycles. The van der Waals surface area contributed by atoms with Crippen LogP contribution in [0.15, 0.2) is 45.5 Å². The summed E-state index contributed by atoms with van der Waals surface area (Å²) in [5.41, 5.74) is 0.553. The summed E-state index contributed by atoms with van der Waals surface area (Å²) in [7, 11) is 1.32. The van der Waals surface area contributed by atoms with Gasteiger partial charge in [0.15, 0.2) is 11.5 Å². The van der Waals surface area contributed by atoms with Gasteiger partial charge in [-0.25, -0.2) is 0 Å². The molecular weight excluding hydrogens is 348 g/mol. The quantitative estimate of drug-likeness (QED) is 0.614. The molecule has 9 heteroatoms. The molecule has 2 heterocycles. The number of aromatic nitrogens is 2. The lowest BCUT2D eigenvalue weighted by atomic mass is 10.2. The maximum Gasteiger partial charge on any atom is 0.387 e. The summed E-state index contributed by atoms with van der Waals surface area (Å²) in [4.78, 5) is 4.14. The monoisotopic (exact) mass is 359 g/mol. The van der Waals surface area contributed by atoms with Gasteiger partial charge in [0.1, 0.15) is 17.4 Å². The number of alkyl halides is 2. The van der Waals surface area contributed by atoms with Crippen LogP contribution in [0.5, 0.6) is 11.5 Å². The van der Waals surface area contributed by atoms with Crippen LogP contribution in [0.3, 0.4) is 0 Å². The van der Waals surface area contributed by atoms with Crippen LogP contribution in [0.1, 0.15) is 11.7 Å². The minimum atomic E-state index is -2.98. The normalized spacial score (nSPS) is 11.4. The molecule has 0 aliphatic rings. The minimum Gasteiger partial charge on any atom is -0.493 e. The molecule has 0 bridgehead atoms. The fourth-order valence-electron chi connectivity index (χ4n) is 2.11. The van der Waals surface area contributed by atoms with Crippen molar-refractivity contribution in [2.75, 3.05) is 7.11 Å². The molecule has 0 aliphatic heterocycles. The second kappa shape index (κ2) is 7.48. The number of methoxy groups -OCH3 is 1. The Morgan fingerprint density at radius 2 is 2.15 bits per heavy atom. The molecular formula is C17H11F2N3O4. The highest BCUT2D eigenvalue weighted by Gasteiger charge is 2.16. The van der Waals surface area contributed by atoms with Gasteiger partial charge in [0.25, 0.3) is 5.89 Å². The zero-order valence-electron chi connectivity index (χ0n) is 13.3. The molecule has 0 radical (unpaired) electrons. The number of benzene rings is 1. The number of furan rings is 1. The average molecular weight is 359 g/mol. The van der Waals surface area contributed by atoms with E-state index in [2.05, 4.69) is 14.9 Å². The maximum absolute atomic E-state index is 12.4. The zero-order valence-corrected chi connectivity index (χ0v) is 13.3. The largest absolute Gasteiger partial charge is 0.493 e. The van der Waals surface area contributed by atoms with Crippen LogP contribution in [0, 0.1) is 11.3 Å². The Bertz CT molecular complexity index is 959. The Morgan fingerprint density at radius 1 is 1.31 bits per heavy atom. The first-order chi connectivity index (χ1) is 12.6. The molecule has 0 saturated heterocycles. The van der Waals surface area contributed by atoms with Gasteiger partial charge in [-0.05, 0) is 30.3 Å². The first kappa shape index (κ1) is 17.2. The van der Waals surface area contributed by atoms with Gasteiger partial charge in [0.2, 0.25) is 5.82 Å². The number of nitrogens with zero attached hydrogens (tertiary/aromatic N) is 3. The molecule has 7 nitrogen and oxygen atoms in total. The Balaban J connectivity index is 1.91. The van der Waals surface area contributed by atoms with Gasteiger partial charge in [0, 0.05) is 11.6 Å². The summed E-state index contributed by atoms with van der Waals surface area (Å²) in [6, 6.07) is 9.50. The predicted octanol–water partition coefficient (Wildman–Crippen LogP) is 4.00. The van der Waals surface area contributed by atoms with Crippen LogP contribution >= 0.6 is 0 Å². The number of allylic oxidation sites excluding steroid dienone is 1. The van der Waals surface area contributed by atoms with E-state index >= 15 is 0 Å². The third-order valence-electron chi connectivity index (χ3n) is 3.24. The van der Waals surface area contributed by atoms with Crippen molar-refractivity contribution in [2.24, 2.45) is 0 Å². The molecule has 132 valence electrons. The molecule has 2 aromatic heterocycles. The molecule has 26 heavy (non-hydrogen) atoms. The second-order valence-electron chi connectivity index (χ2n) is 4.85. The summed E-state index contributed by atoms with van der Waals surface area (Å²) in [5.74, 6) is 0.566. The summed E-state index contributed by atoms with van der Waals surface area (Å²) in [6.45, 7) is -2.98. The molecule has 0 saturated carbocycles. The molecule has 0 unspecified atom stereocenters. The Kier molecular flexibility index (Phi) is 4.94. The fourth-order valence-corrected chi connectivity index (χ4v) is 2.11. The van der Waals surface area contributed by atoms with Crippen LogP contribution in [0.2, 0.25) is 0 Å². The first-order valence-electron chi connectivity index (χ1n) is 7.23. The second-order valence-corrected chi connectivity index (χ2v) is 4.85. The average Bonchev–Trinajstić information content (AvgIpc) is 3.31. The molecule has 0 aliphatic carbocycles. The number of nitriles is 1. The number of hydrogen-bond donors (Lipinski definition) is 0. The van der Waals surface area contributed by atoms with Crippen molar-refractivity contribution in [3.8, 4) is 29.0 Å². The third kappa shape index (κ3) is 3.70. The van der Waals surface area contributed by atoms with Crippen LogP contribution in [0.25, 0.3) is 23.0 Å². The van der Waals surface area contributed by atoms with Gasteiger partial charge in [-0.15, -0.1) is 0 Å². The van der Waals surface area contributed by atoms with Crippen molar-refractivity contribution >= 4 is 11.6 Å². The highest BCUT2D eigenvalue weighted by atomic mass is 19.3. The fraction of sp³-hybridized carbons (Fsp3) is 0.118. The molecule has 0 N–H and O–H groups in total. The highest BCUT2D eigenvalue weighted by molar-refractivity contribution is 5.85. The van der Waals surface area contributed by atoms with Crippen molar-refractivity contribution in [3.05, 3.63) is 48.2 Å². The van der Waals surface area contributed by atoms with Crippen molar-refractivity contribution in [2.45, 2.75) is 6.61 Å². The lowest BCUT2D eigenvalue weighted by Gasteiger charge is -2.10. The number of ether oxygens (including phenoxy) is 2. The van der Waals surface area contributed by atoms with E-state index in [1.807, 2.05) is 6.07 Å². The minimum absolute atomic E-state index is 0.00854. The summed E-state index contributed by atoms with van der Waals surface area (Å²) < 4.78 is 44.4. The number of halogens is 2. The Hall–Kier alpha value is -3.67. The molecule has 0 fully saturated rings. The van der Waals surface area contributed by atoms with Gasteiger partial charge in [-0.1, -0.05) is 5.16 Å². The van der Waals surface area contributed by atoms with E-state index in [0.717, 1.165) is 0 Å². The van der Waals surface area contributed by atoms with E-state index < -0.39 is 6.61 Å². The van der Waals surface area contributed by atoms with E-state index in [1.54, 1.807) is 12.1 Å². The van der Waals surface area contributed by atoms with Crippen LogP contribution in [-0.2, 0) is 0 Å². The first-order valence-corrected chi connectivity index (χ1v) is 7.23. The summed E-state index contributed by atoms with van der Waals surface area (Å²) in [5, 5.41) is 13.1. The van der Waals surface area contributed by atoms with E-state index in [9.17, 15) is 14.0 Å². The smallest absolute Gasteiger partial charge is 0.387 e. The van der Waals surface area contributed by atoms with Crippen LogP contribution < -0.4 is 9.47 Å². The Labute approximate surface area is 146 Å². The van der Waals surface area contributed by atoms with Crippen molar-refractivity contribution < 1.29 is 27.2 Å².